The number of hydrogen-bond donors (Lipinski definition) is 3. The minimum atomic E-state index is -0.801. The molecule has 3 rings (SSSR count). The number of anilines is 1. The van der Waals surface area contributed by atoms with Crippen LogP contribution in [0, 0.1) is 13.8 Å². The molecule has 1 aromatic heterocycles. The van der Waals surface area contributed by atoms with Crippen LogP contribution < -0.4 is 16.0 Å². The summed E-state index contributed by atoms with van der Waals surface area (Å²) in [6, 6.07) is 17.9. The van der Waals surface area contributed by atoms with Gasteiger partial charge in [0.2, 0.25) is 11.8 Å². The topological polar surface area (TPSA) is 87.3 Å². The highest BCUT2D eigenvalue weighted by Crippen LogP contribution is 2.19. The molecule has 0 aliphatic rings. The lowest BCUT2D eigenvalue weighted by Crippen LogP contribution is -2.49. The Morgan fingerprint density at radius 2 is 1.61 bits per heavy atom. The van der Waals surface area contributed by atoms with Crippen LogP contribution in [0.3, 0.4) is 0 Å². The number of aryl methyl sites for hydroxylation is 2. The van der Waals surface area contributed by atoms with Gasteiger partial charge in [0.05, 0.1) is 11.4 Å². The summed E-state index contributed by atoms with van der Waals surface area (Å²) in [5.74, 6) is -1.05. The average Bonchev–Trinajstić information content (AvgIpc) is 3.30. The Kier molecular flexibility index (Phi) is 7.56. The maximum atomic E-state index is 12.8. The van der Waals surface area contributed by atoms with Crippen molar-refractivity contribution in [3.05, 3.63) is 87.6 Å². The van der Waals surface area contributed by atoms with Gasteiger partial charge in [0, 0.05) is 12.1 Å². The molecule has 7 heteroatoms. The summed E-state index contributed by atoms with van der Waals surface area (Å²) in [4.78, 5) is 38.3. The van der Waals surface area contributed by atoms with Gasteiger partial charge in [-0.3, -0.25) is 14.4 Å². The molecule has 0 spiro atoms. The quantitative estimate of drug-likeness (QED) is 0.506. The Bertz CT molecular complexity index is 1030. The molecule has 3 N–H and O–H groups in total. The number of para-hydroxylation sites is 1. The molecular weight excluding hydrogens is 410 g/mol. The van der Waals surface area contributed by atoms with Crippen LogP contribution in [0.4, 0.5) is 5.69 Å². The fourth-order valence-corrected chi connectivity index (χ4v) is 3.81. The number of hydrogen-bond acceptors (Lipinski definition) is 4. The van der Waals surface area contributed by atoms with E-state index in [1.54, 1.807) is 17.5 Å². The maximum absolute atomic E-state index is 12.8. The predicted octanol–water partition coefficient (Wildman–Crippen LogP) is 3.46. The van der Waals surface area contributed by atoms with E-state index >= 15 is 0 Å². The first-order valence-corrected chi connectivity index (χ1v) is 10.8. The van der Waals surface area contributed by atoms with Crippen LogP contribution in [0.1, 0.15) is 26.4 Å². The molecule has 0 fully saturated rings. The standard InChI is InChI=1S/C24H25N3O3S/c1-16-8-6-9-17(2)22(16)27-21(28)15-25-23(29)19(14-18-10-4-3-5-11-18)26-24(30)20-12-7-13-31-20/h3-13,19H,14-15H2,1-2H3,(H,25,29)(H,26,30)(H,27,28). The van der Waals surface area contributed by atoms with E-state index in [1.165, 1.54) is 11.3 Å². The van der Waals surface area contributed by atoms with Crippen molar-refractivity contribution in [1.82, 2.24) is 10.6 Å². The van der Waals surface area contributed by atoms with Crippen molar-refractivity contribution in [2.45, 2.75) is 26.3 Å². The second-order valence-electron chi connectivity index (χ2n) is 7.23. The Morgan fingerprint density at radius 3 is 2.26 bits per heavy atom. The van der Waals surface area contributed by atoms with E-state index in [9.17, 15) is 14.4 Å². The van der Waals surface area contributed by atoms with Gasteiger partial charge in [-0.2, -0.15) is 0 Å². The number of thiophene rings is 1. The molecule has 0 aliphatic heterocycles. The second kappa shape index (κ2) is 10.5. The summed E-state index contributed by atoms with van der Waals surface area (Å²) in [7, 11) is 0. The van der Waals surface area contributed by atoms with E-state index < -0.39 is 11.9 Å². The summed E-state index contributed by atoms with van der Waals surface area (Å²) in [5.41, 5.74) is 3.55. The molecule has 0 bridgehead atoms. The van der Waals surface area contributed by atoms with Gasteiger partial charge in [0.15, 0.2) is 0 Å². The molecule has 0 saturated carbocycles. The number of nitrogens with one attached hydrogen (secondary N) is 3. The van der Waals surface area contributed by atoms with E-state index in [0.29, 0.717) is 11.3 Å². The summed E-state index contributed by atoms with van der Waals surface area (Å²) < 4.78 is 0. The summed E-state index contributed by atoms with van der Waals surface area (Å²) >= 11 is 1.31. The molecule has 160 valence electrons. The number of carbonyl (C=O) groups is 3. The summed E-state index contributed by atoms with van der Waals surface area (Å²) in [5, 5.41) is 10.1. The largest absolute Gasteiger partial charge is 0.345 e. The van der Waals surface area contributed by atoms with E-state index in [1.807, 2.05) is 62.4 Å². The lowest BCUT2D eigenvalue weighted by atomic mass is 10.1. The third kappa shape index (κ3) is 6.26. The van der Waals surface area contributed by atoms with Crippen molar-refractivity contribution in [3.63, 3.8) is 0 Å². The van der Waals surface area contributed by atoms with Crippen LogP contribution in [-0.4, -0.2) is 30.3 Å². The van der Waals surface area contributed by atoms with Crippen molar-refractivity contribution in [3.8, 4) is 0 Å². The van der Waals surface area contributed by atoms with Gasteiger partial charge in [-0.25, -0.2) is 0 Å². The van der Waals surface area contributed by atoms with Gasteiger partial charge in [-0.1, -0.05) is 54.6 Å². The molecule has 3 aromatic rings. The van der Waals surface area contributed by atoms with Crippen molar-refractivity contribution in [2.75, 3.05) is 11.9 Å². The second-order valence-corrected chi connectivity index (χ2v) is 8.17. The highest BCUT2D eigenvalue weighted by atomic mass is 32.1. The van der Waals surface area contributed by atoms with Gasteiger partial charge >= 0.3 is 0 Å². The van der Waals surface area contributed by atoms with Gasteiger partial charge in [-0.05, 0) is 42.0 Å². The lowest BCUT2D eigenvalue weighted by molar-refractivity contribution is -0.125. The normalized spacial score (nSPS) is 11.4. The van der Waals surface area contributed by atoms with Crippen molar-refractivity contribution < 1.29 is 14.4 Å². The highest BCUT2D eigenvalue weighted by Gasteiger charge is 2.23. The van der Waals surface area contributed by atoms with E-state index in [4.69, 9.17) is 0 Å². The number of amides is 3. The molecule has 0 radical (unpaired) electrons. The van der Waals surface area contributed by atoms with Crippen LogP contribution in [0.15, 0.2) is 66.0 Å². The average molecular weight is 436 g/mol. The van der Waals surface area contributed by atoms with Crippen LogP contribution in [0.2, 0.25) is 0 Å². The first kappa shape index (κ1) is 22.2. The Morgan fingerprint density at radius 1 is 0.903 bits per heavy atom. The molecule has 31 heavy (non-hydrogen) atoms. The minimum absolute atomic E-state index is 0.188. The molecule has 6 nitrogen and oxygen atoms in total. The van der Waals surface area contributed by atoms with E-state index in [2.05, 4.69) is 16.0 Å². The molecule has 3 amide bonds. The molecule has 1 atom stereocenters. The summed E-state index contributed by atoms with van der Waals surface area (Å²) in [6.45, 7) is 3.64. The monoisotopic (exact) mass is 435 g/mol. The van der Waals surface area contributed by atoms with Gasteiger partial charge in [0.1, 0.15) is 6.04 Å². The van der Waals surface area contributed by atoms with Crippen LogP contribution in [0.5, 0.6) is 0 Å². The van der Waals surface area contributed by atoms with Crippen LogP contribution in [0.25, 0.3) is 0 Å². The Balaban J connectivity index is 1.64. The third-order valence-corrected chi connectivity index (χ3v) is 5.69. The number of rotatable bonds is 8. The fourth-order valence-electron chi connectivity index (χ4n) is 3.18. The van der Waals surface area contributed by atoms with E-state index in [-0.39, 0.29) is 18.4 Å². The predicted molar refractivity (Wildman–Crippen MR) is 123 cm³/mol. The zero-order chi connectivity index (χ0) is 22.2. The van der Waals surface area contributed by atoms with Gasteiger partial charge < -0.3 is 16.0 Å². The Labute approximate surface area is 185 Å². The zero-order valence-corrected chi connectivity index (χ0v) is 18.3. The van der Waals surface area contributed by atoms with Crippen molar-refractivity contribution in [1.29, 1.82) is 0 Å². The molecule has 0 saturated heterocycles. The molecule has 2 aromatic carbocycles. The van der Waals surface area contributed by atoms with Gasteiger partial charge in [-0.15, -0.1) is 11.3 Å². The van der Waals surface area contributed by atoms with Gasteiger partial charge in [0.25, 0.3) is 5.91 Å². The maximum Gasteiger partial charge on any atom is 0.262 e. The minimum Gasteiger partial charge on any atom is -0.345 e. The lowest BCUT2D eigenvalue weighted by Gasteiger charge is -2.18. The first-order valence-electron chi connectivity index (χ1n) is 9.96. The molecular formula is C24H25N3O3S. The van der Waals surface area contributed by atoms with E-state index in [0.717, 1.165) is 22.4 Å². The summed E-state index contributed by atoms with van der Waals surface area (Å²) in [6.07, 6.45) is 0.322. The molecule has 1 unspecified atom stereocenters. The first-order chi connectivity index (χ1) is 14.9. The fraction of sp³-hybridized carbons (Fsp3) is 0.208. The smallest absolute Gasteiger partial charge is 0.262 e. The zero-order valence-electron chi connectivity index (χ0n) is 17.5. The number of benzene rings is 2. The Hall–Kier alpha value is -3.45. The highest BCUT2D eigenvalue weighted by molar-refractivity contribution is 7.12. The van der Waals surface area contributed by atoms with Crippen LogP contribution >= 0.6 is 11.3 Å². The third-order valence-electron chi connectivity index (χ3n) is 4.82. The SMILES string of the molecule is Cc1cccc(C)c1NC(=O)CNC(=O)C(Cc1ccccc1)NC(=O)c1cccs1. The van der Waals surface area contributed by atoms with Crippen LogP contribution in [-0.2, 0) is 16.0 Å². The molecule has 0 aliphatic carbocycles. The molecule has 1 heterocycles. The van der Waals surface area contributed by atoms with Crippen molar-refractivity contribution >= 4 is 34.7 Å². The number of carbonyl (C=O) groups excluding carboxylic acids is 3. The van der Waals surface area contributed by atoms with Crippen molar-refractivity contribution in [2.24, 2.45) is 0 Å².